The number of aromatic amines is 1. The van der Waals surface area contributed by atoms with Crippen LogP contribution >= 0.6 is 12.2 Å². The molecule has 0 spiro atoms. The summed E-state index contributed by atoms with van der Waals surface area (Å²) >= 11 is 5.92. The molecule has 0 atom stereocenters. The second kappa shape index (κ2) is 9.51. The van der Waals surface area contributed by atoms with E-state index in [0.29, 0.717) is 18.6 Å². The molecule has 2 aliphatic carbocycles. The largest absolute Gasteiger partial charge is 0.360 e. The fourth-order valence-electron chi connectivity index (χ4n) is 5.13. The van der Waals surface area contributed by atoms with Crippen LogP contribution in [-0.2, 0) is 6.54 Å². The first-order valence-corrected chi connectivity index (χ1v) is 12.1. The van der Waals surface area contributed by atoms with E-state index in [-0.39, 0.29) is 5.56 Å². The third-order valence-corrected chi connectivity index (χ3v) is 7.53. The van der Waals surface area contributed by atoms with Gasteiger partial charge in [-0.25, -0.2) is 0 Å². The minimum atomic E-state index is 0.0116. The normalized spacial score (nSPS) is 18.5. The summed E-state index contributed by atoms with van der Waals surface area (Å²) in [6.45, 7) is 4.74. The van der Waals surface area contributed by atoms with E-state index in [1.807, 2.05) is 0 Å². The maximum absolute atomic E-state index is 13.0. The molecule has 4 nitrogen and oxygen atoms in total. The van der Waals surface area contributed by atoms with Crippen LogP contribution < -0.4 is 10.9 Å². The van der Waals surface area contributed by atoms with Crippen molar-refractivity contribution in [3.8, 4) is 0 Å². The highest BCUT2D eigenvalue weighted by molar-refractivity contribution is 7.80. The van der Waals surface area contributed by atoms with E-state index in [9.17, 15) is 4.79 Å². The van der Waals surface area contributed by atoms with Gasteiger partial charge in [0.15, 0.2) is 5.11 Å². The molecule has 0 unspecified atom stereocenters. The zero-order valence-electron chi connectivity index (χ0n) is 18.4. The van der Waals surface area contributed by atoms with Gasteiger partial charge in [0, 0.05) is 17.6 Å². The number of H-pyrrole nitrogens is 1. The molecule has 2 fully saturated rings. The highest BCUT2D eigenvalue weighted by atomic mass is 32.1. The summed E-state index contributed by atoms with van der Waals surface area (Å²) in [6.07, 6.45) is 12.4. The number of benzene rings is 1. The Morgan fingerprint density at radius 2 is 1.73 bits per heavy atom. The predicted molar refractivity (Wildman–Crippen MR) is 129 cm³/mol. The lowest BCUT2D eigenvalue weighted by Crippen LogP contribution is -2.50. The van der Waals surface area contributed by atoms with Crippen molar-refractivity contribution in [2.24, 2.45) is 0 Å². The molecule has 162 valence electrons. The van der Waals surface area contributed by atoms with Gasteiger partial charge in [-0.2, -0.15) is 0 Å². The van der Waals surface area contributed by atoms with Crippen LogP contribution in [0.5, 0.6) is 0 Å². The average Bonchev–Trinajstić information content (AvgIpc) is 2.76. The maximum atomic E-state index is 13.0. The lowest BCUT2D eigenvalue weighted by molar-refractivity contribution is 0.230. The third kappa shape index (κ3) is 4.72. The molecule has 4 rings (SSSR count). The lowest BCUT2D eigenvalue weighted by atomic mass is 9.93. The Hall–Kier alpha value is -1.88. The molecule has 30 heavy (non-hydrogen) atoms. The summed E-state index contributed by atoms with van der Waals surface area (Å²) in [4.78, 5) is 18.5. The first kappa shape index (κ1) is 21.4. The van der Waals surface area contributed by atoms with Crippen molar-refractivity contribution in [1.82, 2.24) is 15.2 Å². The van der Waals surface area contributed by atoms with Crippen LogP contribution in [0.15, 0.2) is 23.0 Å². The summed E-state index contributed by atoms with van der Waals surface area (Å²) in [5.41, 5.74) is 4.12. The minimum absolute atomic E-state index is 0.0116. The standard InChI is InChI=1S/C25H35N3OS/c1-17-13-14-19-15-20(24(29)27-23(19)18(17)2)16-28(22-11-7-4-8-12-22)25(30)26-21-9-5-3-6-10-21/h13-15,21-22H,3-12,16H2,1-2H3,(H,26,30)(H,27,29). The molecule has 0 saturated heterocycles. The van der Waals surface area contributed by atoms with Crippen molar-refractivity contribution in [1.29, 1.82) is 0 Å². The predicted octanol–water partition coefficient (Wildman–Crippen LogP) is 5.49. The fraction of sp³-hybridized carbons (Fsp3) is 0.600. The minimum Gasteiger partial charge on any atom is -0.360 e. The average molecular weight is 426 g/mol. The van der Waals surface area contributed by atoms with Crippen LogP contribution in [0.25, 0.3) is 10.9 Å². The number of pyridine rings is 1. The molecule has 2 N–H and O–H groups in total. The van der Waals surface area contributed by atoms with Gasteiger partial charge in [0.1, 0.15) is 0 Å². The first-order chi connectivity index (χ1) is 14.5. The van der Waals surface area contributed by atoms with Gasteiger partial charge in [0.2, 0.25) is 0 Å². The van der Waals surface area contributed by atoms with Crippen LogP contribution in [0, 0.1) is 13.8 Å². The molecule has 2 saturated carbocycles. The van der Waals surface area contributed by atoms with Gasteiger partial charge in [-0.05, 0) is 74.3 Å². The van der Waals surface area contributed by atoms with Crippen LogP contribution in [0.2, 0.25) is 0 Å². The quantitative estimate of drug-likeness (QED) is 0.636. The molecular formula is C25H35N3OS. The van der Waals surface area contributed by atoms with Gasteiger partial charge in [-0.1, -0.05) is 50.7 Å². The van der Waals surface area contributed by atoms with Crippen LogP contribution in [-0.4, -0.2) is 27.1 Å². The van der Waals surface area contributed by atoms with Crippen molar-refractivity contribution in [2.45, 2.75) is 96.7 Å². The summed E-state index contributed by atoms with van der Waals surface area (Å²) in [7, 11) is 0. The topological polar surface area (TPSA) is 48.1 Å². The number of rotatable bonds is 4. The number of thiocarbonyl (C=S) groups is 1. The smallest absolute Gasteiger partial charge is 0.253 e. The van der Waals surface area contributed by atoms with Crippen LogP contribution in [0.1, 0.15) is 80.9 Å². The number of nitrogens with one attached hydrogen (secondary N) is 2. The third-order valence-electron chi connectivity index (χ3n) is 7.18. The van der Waals surface area contributed by atoms with E-state index in [0.717, 1.165) is 40.0 Å². The van der Waals surface area contributed by atoms with Gasteiger partial charge in [0.25, 0.3) is 5.56 Å². The Morgan fingerprint density at radius 1 is 1.07 bits per heavy atom. The van der Waals surface area contributed by atoms with Gasteiger partial charge in [0.05, 0.1) is 12.1 Å². The number of aromatic nitrogens is 1. The van der Waals surface area contributed by atoms with Crippen molar-refractivity contribution < 1.29 is 0 Å². The molecular weight excluding hydrogens is 390 g/mol. The molecule has 0 radical (unpaired) electrons. The van der Waals surface area contributed by atoms with Crippen molar-refractivity contribution in [3.05, 3.63) is 45.2 Å². The van der Waals surface area contributed by atoms with Crippen LogP contribution in [0.4, 0.5) is 0 Å². The highest BCUT2D eigenvalue weighted by Gasteiger charge is 2.26. The molecule has 1 aromatic heterocycles. The molecule has 2 aromatic rings. The van der Waals surface area contributed by atoms with E-state index in [1.54, 1.807) is 0 Å². The number of aryl methyl sites for hydroxylation is 2. The van der Waals surface area contributed by atoms with Crippen molar-refractivity contribution in [3.63, 3.8) is 0 Å². The van der Waals surface area contributed by atoms with E-state index < -0.39 is 0 Å². The van der Waals surface area contributed by atoms with E-state index in [4.69, 9.17) is 12.2 Å². The number of hydrogen-bond acceptors (Lipinski definition) is 2. The van der Waals surface area contributed by atoms with E-state index in [1.165, 1.54) is 56.9 Å². The van der Waals surface area contributed by atoms with Crippen LogP contribution in [0.3, 0.4) is 0 Å². The summed E-state index contributed by atoms with van der Waals surface area (Å²) < 4.78 is 0. The summed E-state index contributed by atoms with van der Waals surface area (Å²) in [6, 6.07) is 7.23. The molecule has 1 heterocycles. The number of nitrogens with zero attached hydrogens (tertiary/aromatic N) is 1. The van der Waals surface area contributed by atoms with Gasteiger partial charge in [-0.15, -0.1) is 0 Å². The molecule has 0 aliphatic heterocycles. The highest BCUT2D eigenvalue weighted by Crippen LogP contribution is 2.26. The molecule has 0 amide bonds. The lowest BCUT2D eigenvalue weighted by Gasteiger charge is -2.38. The Morgan fingerprint density at radius 3 is 2.43 bits per heavy atom. The molecule has 5 heteroatoms. The maximum Gasteiger partial charge on any atom is 0.253 e. The number of hydrogen-bond donors (Lipinski definition) is 2. The first-order valence-electron chi connectivity index (χ1n) is 11.7. The van der Waals surface area contributed by atoms with Gasteiger partial charge >= 0.3 is 0 Å². The second-order valence-corrected chi connectivity index (χ2v) is 9.69. The second-order valence-electron chi connectivity index (χ2n) is 9.30. The molecule has 2 aliphatic rings. The number of fused-ring (bicyclic) bond motifs is 1. The Bertz CT molecular complexity index is 955. The zero-order valence-corrected chi connectivity index (χ0v) is 19.2. The summed E-state index contributed by atoms with van der Waals surface area (Å²) in [5.74, 6) is 0. The van der Waals surface area contributed by atoms with Crippen molar-refractivity contribution in [2.75, 3.05) is 0 Å². The molecule has 0 bridgehead atoms. The van der Waals surface area contributed by atoms with E-state index in [2.05, 4.69) is 47.2 Å². The Kier molecular flexibility index (Phi) is 6.77. The van der Waals surface area contributed by atoms with E-state index >= 15 is 0 Å². The van der Waals surface area contributed by atoms with Gasteiger partial charge < -0.3 is 15.2 Å². The monoisotopic (exact) mass is 425 g/mol. The van der Waals surface area contributed by atoms with Crippen molar-refractivity contribution >= 4 is 28.2 Å². The SMILES string of the molecule is Cc1ccc2cc(CN(C(=S)NC3CCCCC3)C3CCCCC3)c(=O)[nH]c2c1C. The zero-order chi connectivity index (χ0) is 21.1. The fourth-order valence-corrected chi connectivity index (χ4v) is 5.52. The summed E-state index contributed by atoms with van der Waals surface area (Å²) in [5, 5.41) is 5.60. The Labute approximate surface area is 185 Å². The Balaban J connectivity index is 1.60. The van der Waals surface area contributed by atoms with Gasteiger partial charge in [-0.3, -0.25) is 4.79 Å². The molecule has 1 aromatic carbocycles.